The van der Waals surface area contributed by atoms with Crippen LogP contribution in [0.25, 0.3) is 88.0 Å². The summed E-state index contributed by atoms with van der Waals surface area (Å²) in [7, 11) is 0. The molecule has 0 aliphatic carbocycles. The highest BCUT2D eigenvalue weighted by Gasteiger charge is 2.17. The summed E-state index contributed by atoms with van der Waals surface area (Å²) in [4.78, 5) is 0. The average molecular weight is 628 g/mol. The summed E-state index contributed by atoms with van der Waals surface area (Å²) in [6.45, 7) is 0. The van der Waals surface area contributed by atoms with Crippen LogP contribution in [0.15, 0.2) is 179 Å². The van der Waals surface area contributed by atoms with Crippen molar-refractivity contribution in [2.75, 3.05) is 5.32 Å². The molecule has 8 aromatic carbocycles. The molecule has 230 valence electrons. The fourth-order valence-corrected chi connectivity index (χ4v) is 7.41. The van der Waals surface area contributed by atoms with Gasteiger partial charge in [0, 0.05) is 27.4 Å². The normalized spacial score (nSPS) is 11.7. The van der Waals surface area contributed by atoms with Crippen LogP contribution < -0.4 is 5.32 Å². The molecule has 3 heteroatoms. The number of benzene rings is 8. The van der Waals surface area contributed by atoms with Crippen LogP contribution >= 0.6 is 0 Å². The molecule has 0 amide bonds. The average Bonchev–Trinajstić information content (AvgIpc) is 3.74. The van der Waals surface area contributed by atoms with Crippen molar-refractivity contribution in [1.82, 2.24) is 0 Å². The predicted molar refractivity (Wildman–Crippen MR) is 205 cm³/mol. The van der Waals surface area contributed by atoms with Gasteiger partial charge in [0.2, 0.25) is 0 Å². The van der Waals surface area contributed by atoms with E-state index in [1.807, 2.05) is 24.3 Å². The predicted octanol–water partition coefficient (Wildman–Crippen LogP) is 13.4. The first-order valence-corrected chi connectivity index (χ1v) is 16.6. The third kappa shape index (κ3) is 4.51. The van der Waals surface area contributed by atoms with Crippen molar-refractivity contribution >= 4 is 66.0 Å². The molecule has 0 spiro atoms. The van der Waals surface area contributed by atoms with Gasteiger partial charge in [-0.1, -0.05) is 133 Å². The molecule has 0 aliphatic rings. The molecule has 10 aromatic rings. The molecule has 3 nitrogen and oxygen atoms in total. The third-order valence-corrected chi connectivity index (χ3v) is 9.68. The molecule has 1 N–H and O–H groups in total. The molecule has 49 heavy (non-hydrogen) atoms. The van der Waals surface area contributed by atoms with E-state index >= 15 is 0 Å². The van der Waals surface area contributed by atoms with Crippen molar-refractivity contribution in [1.29, 1.82) is 0 Å². The van der Waals surface area contributed by atoms with E-state index in [9.17, 15) is 0 Å². The minimum Gasteiger partial charge on any atom is -0.456 e. The fraction of sp³-hybridized carbons (Fsp3) is 0. The Morgan fingerprint density at radius 2 is 0.980 bits per heavy atom. The van der Waals surface area contributed by atoms with Gasteiger partial charge in [-0.15, -0.1) is 0 Å². The lowest BCUT2D eigenvalue weighted by Gasteiger charge is -2.12. The highest BCUT2D eigenvalue weighted by Crippen LogP contribution is 2.42. The van der Waals surface area contributed by atoms with Crippen LogP contribution in [-0.2, 0) is 0 Å². The Morgan fingerprint density at radius 1 is 0.367 bits per heavy atom. The summed E-state index contributed by atoms with van der Waals surface area (Å²) in [6, 6.07) is 59.6. The molecule has 0 saturated heterocycles. The molecule has 0 fully saturated rings. The number of fused-ring (bicyclic) bond motifs is 7. The van der Waals surface area contributed by atoms with Gasteiger partial charge in [-0.25, -0.2) is 0 Å². The van der Waals surface area contributed by atoms with Gasteiger partial charge in [-0.3, -0.25) is 0 Å². The van der Waals surface area contributed by atoms with E-state index in [0.717, 1.165) is 77.5 Å². The summed E-state index contributed by atoms with van der Waals surface area (Å²) in [5, 5.41) is 10.7. The van der Waals surface area contributed by atoms with E-state index in [4.69, 9.17) is 8.83 Å². The van der Waals surface area contributed by atoms with Gasteiger partial charge < -0.3 is 14.2 Å². The largest absolute Gasteiger partial charge is 0.456 e. The molecule has 2 heterocycles. The zero-order valence-corrected chi connectivity index (χ0v) is 26.5. The first kappa shape index (κ1) is 27.5. The maximum absolute atomic E-state index is 6.45. The van der Waals surface area contributed by atoms with Crippen LogP contribution in [0, 0.1) is 0 Å². The third-order valence-electron chi connectivity index (χ3n) is 9.68. The maximum Gasteiger partial charge on any atom is 0.143 e. The lowest BCUT2D eigenvalue weighted by molar-refractivity contribution is 0.669. The molecule has 0 bridgehead atoms. The van der Waals surface area contributed by atoms with Gasteiger partial charge in [-0.2, -0.15) is 0 Å². The molecule has 0 atom stereocenters. The highest BCUT2D eigenvalue weighted by atomic mass is 16.3. The summed E-state index contributed by atoms with van der Waals surface area (Å²) >= 11 is 0. The number of hydrogen-bond acceptors (Lipinski definition) is 3. The van der Waals surface area contributed by atoms with E-state index in [1.165, 1.54) is 21.9 Å². The monoisotopic (exact) mass is 627 g/mol. The van der Waals surface area contributed by atoms with Crippen LogP contribution in [0.2, 0.25) is 0 Å². The van der Waals surface area contributed by atoms with Crippen molar-refractivity contribution in [3.05, 3.63) is 170 Å². The van der Waals surface area contributed by atoms with E-state index < -0.39 is 0 Å². The first-order valence-electron chi connectivity index (χ1n) is 16.6. The van der Waals surface area contributed by atoms with Crippen molar-refractivity contribution < 1.29 is 8.83 Å². The maximum atomic E-state index is 6.45. The minimum atomic E-state index is 0.850. The SMILES string of the molecule is c1cc(Nc2cccc3oc4cccc(-c5ccc(-c6cccc7ccccc67)cc5)c4c23)cc(-c2cccc3c2oc2ccccc23)c1. The quantitative estimate of drug-likeness (QED) is 0.206. The van der Waals surface area contributed by atoms with Crippen molar-refractivity contribution in [3.63, 3.8) is 0 Å². The number of anilines is 2. The summed E-state index contributed by atoms with van der Waals surface area (Å²) in [5.74, 6) is 0. The van der Waals surface area contributed by atoms with Gasteiger partial charge in [0.15, 0.2) is 0 Å². The van der Waals surface area contributed by atoms with Crippen LogP contribution in [0.4, 0.5) is 11.4 Å². The summed E-state index contributed by atoms with van der Waals surface area (Å²) in [6.07, 6.45) is 0. The van der Waals surface area contributed by atoms with E-state index in [1.54, 1.807) is 0 Å². The van der Waals surface area contributed by atoms with Gasteiger partial charge in [-0.05, 0) is 75.0 Å². The van der Waals surface area contributed by atoms with Crippen molar-refractivity contribution in [2.24, 2.45) is 0 Å². The molecule has 0 aliphatic heterocycles. The number of rotatable bonds is 5. The molecule has 0 saturated carbocycles. The minimum absolute atomic E-state index is 0.850. The van der Waals surface area contributed by atoms with Crippen LogP contribution in [0.5, 0.6) is 0 Å². The Hall–Kier alpha value is -6.58. The Bertz CT molecular complexity index is 2850. The molecular weight excluding hydrogens is 599 g/mol. The fourth-order valence-electron chi connectivity index (χ4n) is 7.41. The molecule has 10 rings (SSSR count). The second kappa shape index (κ2) is 11.0. The Morgan fingerprint density at radius 3 is 1.88 bits per heavy atom. The first-order chi connectivity index (χ1) is 24.3. The number of hydrogen-bond donors (Lipinski definition) is 1. The molecule has 0 radical (unpaired) electrons. The Labute approximate surface area is 282 Å². The van der Waals surface area contributed by atoms with Crippen molar-refractivity contribution in [2.45, 2.75) is 0 Å². The Balaban J connectivity index is 1.06. The van der Waals surface area contributed by atoms with Gasteiger partial charge in [0.25, 0.3) is 0 Å². The zero-order chi connectivity index (χ0) is 32.3. The lowest BCUT2D eigenvalue weighted by Crippen LogP contribution is -1.92. The van der Waals surface area contributed by atoms with Gasteiger partial charge in [0.1, 0.15) is 22.3 Å². The lowest BCUT2D eigenvalue weighted by atomic mass is 9.94. The van der Waals surface area contributed by atoms with Crippen molar-refractivity contribution in [3.8, 4) is 33.4 Å². The van der Waals surface area contributed by atoms with E-state index in [-0.39, 0.29) is 0 Å². The smallest absolute Gasteiger partial charge is 0.143 e. The van der Waals surface area contributed by atoms with Crippen LogP contribution in [-0.4, -0.2) is 0 Å². The molecule has 0 unspecified atom stereocenters. The second-order valence-electron chi connectivity index (χ2n) is 12.5. The highest BCUT2D eigenvalue weighted by molar-refractivity contribution is 6.18. The Kier molecular flexibility index (Phi) is 6.18. The van der Waals surface area contributed by atoms with Gasteiger partial charge in [0.05, 0.1) is 11.1 Å². The second-order valence-corrected chi connectivity index (χ2v) is 12.5. The van der Waals surface area contributed by atoms with E-state index in [0.29, 0.717) is 0 Å². The molecule has 2 aromatic heterocycles. The van der Waals surface area contributed by atoms with Crippen LogP contribution in [0.1, 0.15) is 0 Å². The summed E-state index contributed by atoms with van der Waals surface area (Å²) in [5.41, 5.74) is 12.4. The number of nitrogens with one attached hydrogen (secondary N) is 1. The number of para-hydroxylation sites is 2. The van der Waals surface area contributed by atoms with Gasteiger partial charge >= 0.3 is 0 Å². The topological polar surface area (TPSA) is 38.3 Å². The summed E-state index contributed by atoms with van der Waals surface area (Å²) < 4.78 is 12.8. The standard InChI is InChI=1S/C46H29NO2/c1-2-14-34-29(10-1)11-6-16-35(34)30-24-26-31(27-25-30)36-17-8-22-42-44(36)45-40(20-9-23-43(45)48-42)47-33-13-5-12-32(28-33)37-18-7-19-39-38-15-3-4-21-41(38)49-46(37)39/h1-28,47H. The molecular formula is C46H29NO2. The zero-order valence-electron chi connectivity index (χ0n) is 26.5. The number of furan rings is 2. The van der Waals surface area contributed by atoms with E-state index in [2.05, 4.69) is 151 Å². The van der Waals surface area contributed by atoms with Crippen LogP contribution in [0.3, 0.4) is 0 Å².